The first-order valence-electron chi connectivity index (χ1n) is 3.97. The molecule has 0 bridgehead atoms. The fourth-order valence-electron chi connectivity index (χ4n) is 0.727. The number of isothiocyanates is 1. The van der Waals surface area contributed by atoms with Crippen molar-refractivity contribution in [2.45, 2.75) is 19.0 Å². The smallest absolute Gasteiger partial charge is 0.209 e. The number of nitriles is 1. The second-order valence-corrected chi connectivity index (χ2v) is 2.73. The standard InChI is InChI=1S/C9H6F4N2S/c10-7(5-9(11,12)13)8(15-6-16)3-1-2-4-14/h1,3H,2,5H2/b3-1-,8-7-. The molecule has 0 aliphatic carbocycles. The summed E-state index contributed by atoms with van der Waals surface area (Å²) in [6, 6.07) is 1.71. The molecule has 0 unspecified atom stereocenters. The van der Waals surface area contributed by atoms with Crippen molar-refractivity contribution in [1.29, 1.82) is 5.26 Å². The van der Waals surface area contributed by atoms with E-state index in [1.807, 2.05) is 0 Å². The van der Waals surface area contributed by atoms with E-state index in [4.69, 9.17) is 5.26 Å². The quantitative estimate of drug-likeness (QED) is 0.330. The van der Waals surface area contributed by atoms with Crippen molar-refractivity contribution >= 4 is 17.4 Å². The van der Waals surface area contributed by atoms with Crippen LogP contribution in [0.25, 0.3) is 0 Å². The average Bonchev–Trinajstić information content (AvgIpc) is 2.14. The zero-order valence-corrected chi connectivity index (χ0v) is 8.70. The predicted molar refractivity (Wildman–Crippen MR) is 53.2 cm³/mol. The predicted octanol–water partition coefficient (Wildman–Crippen LogP) is 3.69. The Labute approximate surface area is 94.6 Å². The molecule has 0 aliphatic rings. The zero-order chi connectivity index (χ0) is 12.6. The molecule has 0 amide bonds. The maximum Gasteiger partial charge on any atom is 0.395 e. The fraction of sp³-hybridized carbons (Fsp3) is 0.333. The van der Waals surface area contributed by atoms with Gasteiger partial charge in [-0.3, -0.25) is 0 Å². The van der Waals surface area contributed by atoms with Gasteiger partial charge in [0.1, 0.15) is 11.5 Å². The molecular weight excluding hydrogens is 244 g/mol. The van der Waals surface area contributed by atoms with E-state index in [-0.39, 0.29) is 6.42 Å². The molecule has 0 radical (unpaired) electrons. The van der Waals surface area contributed by atoms with E-state index in [9.17, 15) is 17.6 Å². The van der Waals surface area contributed by atoms with Gasteiger partial charge in [-0.1, -0.05) is 6.08 Å². The molecule has 0 heterocycles. The number of alkyl halides is 3. The van der Waals surface area contributed by atoms with Crippen molar-refractivity contribution in [2.75, 3.05) is 0 Å². The van der Waals surface area contributed by atoms with Crippen LogP contribution in [0.4, 0.5) is 17.6 Å². The SMILES string of the molecule is N#CC/C=C\C(N=C=S)=C(\F)CC(F)(F)F. The molecule has 0 saturated heterocycles. The Bertz CT molecular complexity index is 383. The molecule has 0 saturated carbocycles. The highest BCUT2D eigenvalue weighted by molar-refractivity contribution is 7.78. The lowest BCUT2D eigenvalue weighted by Crippen LogP contribution is -2.07. The lowest BCUT2D eigenvalue weighted by atomic mass is 10.2. The second-order valence-electron chi connectivity index (χ2n) is 2.55. The van der Waals surface area contributed by atoms with Crippen LogP contribution in [0.15, 0.2) is 28.7 Å². The summed E-state index contributed by atoms with van der Waals surface area (Å²) in [6.45, 7) is 0. The van der Waals surface area contributed by atoms with Gasteiger partial charge in [0.2, 0.25) is 0 Å². The maximum absolute atomic E-state index is 13.0. The van der Waals surface area contributed by atoms with Crippen LogP contribution in [-0.2, 0) is 0 Å². The minimum absolute atomic E-state index is 0.0598. The summed E-state index contributed by atoms with van der Waals surface area (Å²) < 4.78 is 48.6. The Morgan fingerprint density at radius 1 is 1.44 bits per heavy atom. The second kappa shape index (κ2) is 6.88. The van der Waals surface area contributed by atoms with Gasteiger partial charge in [0.15, 0.2) is 0 Å². The first-order chi connectivity index (χ1) is 7.40. The van der Waals surface area contributed by atoms with Crippen LogP contribution in [0.3, 0.4) is 0 Å². The van der Waals surface area contributed by atoms with Gasteiger partial charge in [0.25, 0.3) is 0 Å². The van der Waals surface area contributed by atoms with E-state index in [0.717, 1.165) is 6.08 Å². The molecule has 0 atom stereocenters. The summed E-state index contributed by atoms with van der Waals surface area (Å²) in [5, 5.41) is 9.95. The lowest BCUT2D eigenvalue weighted by Gasteiger charge is -2.04. The number of allylic oxidation sites excluding steroid dienone is 3. The van der Waals surface area contributed by atoms with Gasteiger partial charge in [-0.15, -0.1) is 0 Å². The number of hydrogen-bond donors (Lipinski definition) is 0. The van der Waals surface area contributed by atoms with Crippen LogP contribution in [-0.4, -0.2) is 11.3 Å². The van der Waals surface area contributed by atoms with Crippen LogP contribution < -0.4 is 0 Å². The minimum Gasteiger partial charge on any atom is -0.209 e. The third-order valence-electron chi connectivity index (χ3n) is 1.28. The van der Waals surface area contributed by atoms with Crippen molar-refractivity contribution in [2.24, 2.45) is 4.99 Å². The highest BCUT2D eigenvalue weighted by atomic mass is 32.1. The maximum atomic E-state index is 13.0. The van der Waals surface area contributed by atoms with E-state index in [0.29, 0.717) is 0 Å². The lowest BCUT2D eigenvalue weighted by molar-refractivity contribution is -0.130. The molecule has 0 aliphatic heterocycles. The normalized spacial score (nSPS) is 12.9. The van der Waals surface area contributed by atoms with Crippen molar-refractivity contribution < 1.29 is 17.6 Å². The van der Waals surface area contributed by atoms with Crippen molar-refractivity contribution in [1.82, 2.24) is 0 Å². The molecule has 7 heteroatoms. The molecular formula is C9H6F4N2S. The van der Waals surface area contributed by atoms with Crippen molar-refractivity contribution in [3.63, 3.8) is 0 Å². The number of hydrogen-bond acceptors (Lipinski definition) is 3. The molecule has 86 valence electrons. The summed E-state index contributed by atoms with van der Waals surface area (Å²) in [7, 11) is 0. The van der Waals surface area contributed by atoms with Gasteiger partial charge >= 0.3 is 6.18 Å². The highest BCUT2D eigenvalue weighted by Gasteiger charge is 2.30. The highest BCUT2D eigenvalue weighted by Crippen LogP contribution is 2.27. The first kappa shape index (κ1) is 14.5. The summed E-state index contributed by atoms with van der Waals surface area (Å²) in [5.41, 5.74) is -0.567. The Balaban J connectivity index is 4.94. The Hall–Kier alpha value is -1.51. The summed E-state index contributed by atoms with van der Waals surface area (Å²) in [4.78, 5) is 3.15. The number of thiocarbonyl (C=S) groups is 1. The topological polar surface area (TPSA) is 36.1 Å². The van der Waals surface area contributed by atoms with Crippen LogP contribution in [0.5, 0.6) is 0 Å². The first-order valence-corrected chi connectivity index (χ1v) is 4.38. The van der Waals surface area contributed by atoms with E-state index in [1.54, 1.807) is 11.2 Å². The van der Waals surface area contributed by atoms with Gasteiger partial charge < -0.3 is 0 Å². The number of rotatable bonds is 4. The number of aliphatic imine (C=N–C) groups is 1. The van der Waals surface area contributed by atoms with E-state index < -0.39 is 24.1 Å². The monoisotopic (exact) mass is 250 g/mol. The molecule has 0 N–H and O–H groups in total. The Kier molecular flexibility index (Phi) is 6.23. The van der Waals surface area contributed by atoms with Crippen LogP contribution in [0.2, 0.25) is 0 Å². The van der Waals surface area contributed by atoms with Crippen LogP contribution in [0, 0.1) is 11.3 Å². The van der Waals surface area contributed by atoms with E-state index in [2.05, 4.69) is 17.2 Å². The largest absolute Gasteiger partial charge is 0.395 e. The third kappa shape index (κ3) is 6.87. The molecule has 0 fully saturated rings. The number of halogens is 4. The van der Waals surface area contributed by atoms with Gasteiger partial charge in [-0.25, -0.2) is 4.39 Å². The van der Waals surface area contributed by atoms with Crippen molar-refractivity contribution in [3.8, 4) is 6.07 Å². The Morgan fingerprint density at radius 2 is 2.06 bits per heavy atom. The average molecular weight is 250 g/mol. The zero-order valence-electron chi connectivity index (χ0n) is 7.88. The molecule has 0 aromatic rings. The van der Waals surface area contributed by atoms with Gasteiger partial charge in [0, 0.05) is 0 Å². The molecule has 16 heavy (non-hydrogen) atoms. The van der Waals surface area contributed by atoms with Crippen molar-refractivity contribution in [3.05, 3.63) is 23.7 Å². The molecule has 2 nitrogen and oxygen atoms in total. The summed E-state index contributed by atoms with van der Waals surface area (Å²) in [5.74, 6) is -1.46. The molecule has 0 aromatic carbocycles. The Morgan fingerprint density at radius 3 is 2.50 bits per heavy atom. The van der Waals surface area contributed by atoms with Gasteiger partial charge in [-0.2, -0.15) is 23.4 Å². The molecule has 0 aromatic heterocycles. The van der Waals surface area contributed by atoms with Crippen LogP contribution in [0.1, 0.15) is 12.8 Å². The molecule has 0 rings (SSSR count). The van der Waals surface area contributed by atoms with E-state index in [1.165, 1.54) is 6.08 Å². The van der Waals surface area contributed by atoms with Gasteiger partial charge in [-0.05, 0) is 18.3 Å². The van der Waals surface area contributed by atoms with E-state index >= 15 is 0 Å². The summed E-state index contributed by atoms with van der Waals surface area (Å²) in [6.07, 6.45) is -4.30. The fourth-order valence-corrected chi connectivity index (χ4v) is 0.826. The third-order valence-corrected chi connectivity index (χ3v) is 1.38. The van der Waals surface area contributed by atoms with Gasteiger partial charge in [0.05, 0.1) is 24.1 Å². The van der Waals surface area contributed by atoms with Crippen LogP contribution >= 0.6 is 12.2 Å². The number of nitrogens with zero attached hydrogens (tertiary/aromatic N) is 2. The summed E-state index contributed by atoms with van der Waals surface area (Å²) >= 11 is 4.17. The minimum atomic E-state index is -4.66. The molecule has 0 spiro atoms.